The molecule has 2 aromatic carbocycles. The number of benzene rings is 2. The molecule has 0 aliphatic heterocycles. The lowest BCUT2D eigenvalue weighted by molar-refractivity contribution is 0.220. The first-order valence-corrected chi connectivity index (χ1v) is 6.59. The Morgan fingerprint density at radius 3 is 2.62 bits per heavy atom. The largest absolute Gasteiger partial charge is 0.497 e. The van der Waals surface area contributed by atoms with E-state index in [9.17, 15) is 4.79 Å². The molecule has 0 bridgehead atoms. The first-order valence-electron chi connectivity index (χ1n) is 6.59. The van der Waals surface area contributed by atoms with Gasteiger partial charge in [-0.3, -0.25) is 0 Å². The van der Waals surface area contributed by atoms with Crippen LogP contribution in [0.4, 0.5) is 16.2 Å². The second kappa shape index (κ2) is 6.65. The zero-order valence-electron chi connectivity index (χ0n) is 12.2. The van der Waals surface area contributed by atoms with E-state index in [1.807, 2.05) is 42.5 Å². The summed E-state index contributed by atoms with van der Waals surface area (Å²) >= 11 is 0. The Labute approximate surface area is 124 Å². The molecule has 0 aromatic heterocycles. The van der Waals surface area contributed by atoms with Gasteiger partial charge in [-0.25, -0.2) is 4.79 Å². The smallest absolute Gasteiger partial charge is 0.321 e. The number of ether oxygens (including phenoxy) is 1. The van der Waals surface area contributed by atoms with Crippen molar-refractivity contribution in [3.05, 3.63) is 54.1 Å². The second-order valence-electron chi connectivity index (χ2n) is 4.76. The highest BCUT2D eigenvalue weighted by Crippen LogP contribution is 2.17. The molecule has 0 saturated heterocycles. The molecule has 2 aromatic rings. The molecule has 0 atom stereocenters. The number of nitrogens with zero attached hydrogens (tertiary/aromatic N) is 1. The number of nitrogens with one attached hydrogen (secondary N) is 1. The number of hydrogen-bond acceptors (Lipinski definition) is 3. The summed E-state index contributed by atoms with van der Waals surface area (Å²) in [5, 5.41) is 2.83. The van der Waals surface area contributed by atoms with Crippen LogP contribution in [-0.2, 0) is 6.54 Å². The Balaban J connectivity index is 1.97. The van der Waals surface area contributed by atoms with Gasteiger partial charge in [-0.1, -0.05) is 18.2 Å². The van der Waals surface area contributed by atoms with Crippen LogP contribution in [0.15, 0.2) is 48.5 Å². The minimum atomic E-state index is -0.180. The van der Waals surface area contributed by atoms with Crippen LogP contribution < -0.4 is 15.8 Å². The van der Waals surface area contributed by atoms with Crippen molar-refractivity contribution in [1.82, 2.24) is 4.90 Å². The molecular formula is C16H19N3O2. The van der Waals surface area contributed by atoms with E-state index in [2.05, 4.69) is 5.32 Å². The molecule has 0 unspecified atom stereocenters. The molecule has 5 nitrogen and oxygen atoms in total. The fraction of sp³-hybridized carbons (Fsp3) is 0.188. The number of carbonyl (C=O) groups excluding carboxylic acids is 1. The van der Waals surface area contributed by atoms with Gasteiger partial charge in [0, 0.05) is 31.0 Å². The van der Waals surface area contributed by atoms with Crippen molar-refractivity contribution < 1.29 is 9.53 Å². The molecule has 21 heavy (non-hydrogen) atoms. The number of hydrogen-bond donors (Lipinski definition) is 2. The number of methoxy groups -OCH3 is 1. The number of carbonyl (C=O) groups is 1. The van der Waals surface area contributed by atoms with Gasteiger partial charge >= 0.3 is 6.03 Å². The Bertz CT molecular complexity index is 611. The molecule has 2 amide bonds. The third-order valence-electron chi connectivity index (χ3n) is 3.07. The number of amides is 2. The van der Waals surface area contributed by atoms with Crippen molar-refractivity contribution in [2.24, 2.45) is 0 Å². The molecule has 0 aliphatic carbocycles. The van der Waals surface area contributed by atoms with Gasteiger partial charge in [0.25, 0.3) is 0 Å². The van der Waals surface area contributed by atoms with Crippen molar-refractivity contribution in [2.75, 3.05) is 25.2 Å². The lowest BCUT2D eigenvalue weighted by Gasteiger charge is -2.18. The van der Waals surface area contributed by atoms with Crippen LogP contribution in [0.2, 0.25) is 0 Å². The summed E-state index contributed by atoms with van der Waals surface area (Å²) in [4.78, 5) is 13.7. The van der Waals surface area contributed by atoms with E-state index in [0.29, 0.717) is 23.7 Å². The van der Waals surface area contributed by atoms with E-state index in [4.69, 9.17) is 10.5 Å². The zero-order valence-corrected chi connectivity index (χ0v) is 12.2. The Kier molecular flexibility index (Phi) is 4.66. The van der Waals surface area contributed by atoms with Crippen molar-refractivity contribution >= 4 is 17.4 Å². The van der Waals surface area contributed by atoms with Gasteiger partial charge in [-0.05, 0) is 29.8 Å². The summed E-state index contributed by atoms with van der Waals surface area (Å²) < 4.78 is 5.13. The molecule has 110 valence electrons. The summed E-state index contributed by atoms with van der Waals surface area (Å²) in [6.45, 7) is 0.510. The van der Waals surface area contributed by atoms with Gasteiger partial charge in [0.05, 0.1) is 7.11 Å². The second-order valence-corrected chi connectivity index (χ2v) is 4.76. The molecule has 0 saturated carbocycles. The van der Waals surface area contributed by atoms with Crippen molar-refractivity contribution in [3.8, 4) is 5.75 Å². The highest BCUT2D eigenvalue weighted by atomic mass is 16.5. The molecule has 0 aliphatic rings. The maximum absolute atomic E-state index is 12.1. The van der Waals surface area contributed by atoms with Crippen LogP contribution in [0.5, 0.6) is 5.75 Å². The quantitative estimate of drug-likeness (QED) is 0.849. The highest BCUT2D eigenvalue weighted by molar-refractivity contribution is 5.89. The van der Waals surface area contributed by atoms with E-state index >= 15 is 0 Å². The number of urea groups is 1. The maximum atomic E-state index is 12.1. The Morgan fingerprint density at radius 2 is 1.95 bits per heavy atom. The molecule has 0 radical (unpaired) electrons. The fourth-order valence-electron chi connectivity index (χ4n) is 1.89. The SMILES string of the molecule is COc1cccc(NC(=O)N(C)Cc2ccc(N)cc2)c1. The molecule has 0 spiro atoms. The first kappa shape index (κ1) is 14.7. The van der Waals surface area contributed by atoms with Gasteiger partial charge < -0.3 is 20.7 Å². The fourth-order valence-corrected chi connectivity index (χ4v) is 1.89. The highest BCUT2D eigenvalue weighted by Gasteiger charge is 2.09. The minimum absolute atomic E-state index is 0.180. The van der Waals surface area contributed by atoms with Crippen LogP contribution in [-0.4, -0.2) is 25.1 Å². The van der Waals surface area contributed by atoms with Crippen molar-refractivity contribution in [1.29, 1.82) is 0 Å². The van der Waals surface area contributed by atoms with E-state index in [1.165, 1.54) is 0 Å². The Morgan fingerprint density at radius 1 is 1.24 bits per heavy atom. The third kappa shape index (κ3) is 4.14. The first-order chi connectivity index (χ1) is 10.1. The lowest BCUT2D eigenvalue weighted by atomic mass is 10.2. The van der Waals surface area contributed by atoms with E-state index < -0.39 is 0 Å². The number of nitrogens with two attached hydrogens (primary N) is 1. The predicted octanol–water partition coefficient (Wildman–Crippen LogP) is 2.94. The van der Waals surface area contributed by atoms with Gasteiger partial charge in [0.15, 0.2) is 0 Å². The van der Waals surface area contributed by atoms with Gasteiger partial charge in [0.1, 0.15) is 5.75 Å². The third-order valence-corrected chi connectivity index (χ3v) is 3.07. The van der Waals surface area contributed by atoms with Crippen molar-refractivity contribution in [3.63, 3.8) is 0 Å². The van der Waals surface area contributed by atoms with Crippen LogP contribution in [0.1, 0.15) is 5.56 Å². The average molecular weight is 285 g/mol. The van der Waals surface area contributed by atoms with Gasteiger partial charge in [0.2, 0.25) is 0 Å². The normalized spacial score (nSPS) is 10.0. The Hall–Kier alpha value is -2.69. The molecule has 2 rings (SSSR count). The van der Waals surface area contributed by atoms with Crippen LogP contribution in [0.25, 0.3) is 0 Å². The molecule has 0 fully saturated rings. The summed E-state index contributed by atoms with van der Waals surface area (Å²) in [6.07, 6.45) is 0. The number of anilines is 2. The summed E-state index contributed by atoms with van der Waals surface area (Å²) in [6, 6.07) is 14.5. The minimum Gasteiger partial charge on any atom is -0.497 e. The van der Waals surface area contributed by atoms with Gasteiger partial charge in [-0.2, -0.15) is 0 Å². The van der Waals surface area contributed by atoms with Crippen LogP contribution in [0.3, 0.4) is 0 Å². The van der Waals surface area contributed by atoms with Crippen molar-refractivity contribution in [2.45, 2.75) is 6.54 Å². The average Bonchev–Trinajstić information content (AvgIpc) is 2.49. The van der Waals surface area contributed by atoms with E-state index in [-0.39, 0.29) is 6.03 Å². The molecule has 3 N–H and O–H groups in total. The van der Waals surface area contributed by atoms with Gasteiger partial charge in [-0.15, -0.1) is 0 Å². The molecular weight excluding hydrogens is 266 g/mol. The monoisotopic (exact) mass is 285 g/mol. The molecule has 0 heterocycles. The van der Waals surface area contributed by atoms with Crippen LogP contribution in [0, 0.1) is 0 Å². The number of rotatable bonds is 4. The standard InChI is InChI=1S/C16H19N3O2/c1-19(11-12-6-8-13(17)9-7-12)16(20)18-14-4-3-5-15(10-14)21-2/h3-10H,11,17H2,1-2H3,(H,18,20). The maximum Gasteiger partial charge on any atom is 0.321 e. The molecule has 5 heteroatoms. The van der Waals surface area contributed by atoms with Crippen LogP contribution >= 0.6 is 0 Å². The lowest BCUT2D eigenvalue weighted by Crippen LogP contribution is -2.30. The van der Waals surface area contributed by atoms with E-state index in [1.54, 1.807) is 25.1 Å². The predicted molar refractivity (Wildman–Crippen MR) is 84.3 cm³/mol. The summed E-state index contributed by atoms with van der Waals surface area (Å²) in [7, 11) is 3.33. The zero-order chi connectivity index (χ0) is 15.2. The summed E-state index contributed by atoms with van der Waals surface area (Å²) in [5.41, 5.74) is 8.07. The number of nitrogen functional groups attached to an aromatic ring is 1. The summed E-state index contributed by atoms with van der Waals surface area (Å²) in [5.74, 6) is 0.703. The van der Waals surface area contributed by atoms with E-state index in [0.717, 1.165) is 5.56 Å². The topological polar surface area (TPSA) is 67.6 Å².